The molecule has 19 heteroatoms. The van der Waals surface area contributed by atoms with Gasteiger partial charge in [-0.1, -0.05) is 67.6 Å². The highest BCUT2D eigenvalue weighted by Gasteiger charge is 2.37. The van der Waals surface area contributed by atoms with E-state index in [0.29, 0.717) is 83.9 Å². The number of ketones is 2. The topological polar surface area (TPSA) is 237 Å². The molecule has 0 radical (unpaired) electrons. The molecule has 4 N–H and O–H groups in total. The van der Waals surface area contributed by atoms with Crippen LogP contribution in [0.2, 0.25) is 0 Å². The highest BCUT2D eigenvalue weighted by molar-refractivity contribution is 5.98. The number of fused-ring (bicyclic) bond motifs is 3. The van der Waals surface area contributed by atoms with Crippen LogP contribution in [0.4, 0.5) is 16.2 Å². The lowest BCUT2D eigenvalue weighted by atomic mass is 9.98. The molecule has 19 nitrogen and oxygen atoms in total. The summed E-state index contributed by atoms with van der Waals surface area (Å²) in [5, 5.41) is 11.2. The lowest BCUT2D eigenvalue weighted by Crippen LogP contribution is -2.43. The highest BCUT2D eigenvalue weighted by Crippen LogP contribution is 2.45. The average Bonchev–Trinajstić information content (AvgIpc) is 1.61. The molecule has 2 atom stereocenters. The van der Waals surface area contributed by atoms with Crippen molar-refractivity contribution in [2.24, 2.45) is 0 Å². The van der Waals surface area contributed by atoms with Crippen LogP contribution in [0.15, 0.2) is 133 Å². The number of carbonyl (C=O) groups is 8. The van der Waals surface area contributed by atoms with Gasteiger partial charge in [0.1, 0.15) is 56.6 Å². The van der Waals surface area contributed by atoms with Gasteiger partial charge in [0.15, 0.2) is 11.6 Å². The number of Topliss-reactive ketones (excluding diaryl/α,β-unsaturated/α-hetero) is 2. The van der Waals surface area contributed by atoms with E-state index in [1.165, 1.54) is 4.90 Å². The van der Waals surface area contributed by atoms with Crippen molar-refractivity contribution in [3.8, 4) is 285 Å². The SMILES string of the molecule is C#CC#CC#CC#CC#CC#CC#CC#CC#CC#CC#COc1cc(C)cc(COC(=O)CNC(=O)c2ccc(NCC(=O)[C@@H]3CCCN3C(=O)CC)cc2)c1.C#CC#CC#CC#CC#CC#CC#CC#CC#CC#CC#COc1cc(C)cc(COC(=O)CNC(=O)c2ccc(NCC(=O)[C@@H]3CCCN3C(=O)OCC3c4ccccc4-c4ccccc43)cc2)c1.[HH].[HH].[HH].[HH].[HH].[HH].[HH].[HH].[HH].[HH].[HH].[HH].[HH].[HH].[HH].[HH].[HH].[HH].[HH].[HH].[HH].[HH].[HH].[HH].[HH].[HH].[HH].[HH].[HH].[HH].[HH].[HH].[HH].[HH].[HH].[HH].[HH].[HH].[HH].[HH].[HH].[HH].[HH].[HH]. The average molecular weight is 1750 g/mol. The lowest BCUT2D eigenvalue weighted by Gasteiger charge is -2.24. The van der Waals surface area contributed by atoms with Crippen molar-refractivity contribution in [2.75, 3.05) is 56.5 Å². The molecule has 4 amide bonds. The Morgan fingerprint density at radius 2 is 0.724 bits per heavy atom. The van der Waals surface area contributed by atoms with E-state index in [9.17, 15) is 38.4 Å². The zero-order valence-electron chi connectivity index (χ0n) is 68.7. The molecule has 2 heterocycles. The Morgan fingerprint density at radius 1 is 0.394 bits per heavy atom. The number of benzene rings is 6. The smallest absolute Gasteiger partial charge is 0.410 e. The van der Waals surface area contributed by atoms with Crippen LogP contribution in [-0.2, 0) is 51.4 Å². The number of hydrogen-bond acceptors (Lipinski definition) is 15. The number of nitrogens with zero attached hydrogens (tertiary/aromatic N) is 2. The minimum absolute atomic E-state index is 0. The van der Waals surface area contributed by atoms with Crippen molar-refractivity contribution >= 4 is 58.7 Å². The van der Waals surface area contributed by atoms with Gasteiger partial charge in [-0.05, 0) is 252 Å². The fourth-order valence-electron chi connectivity index (χ4n) is 11.9. The first-order valence-electron chi connectivity index (χ1n) is 38.6. The Hall–Kier alpha value is -19.2. The predicted molar refractivity (Wildman–Crippen MR) is 574 cm³/mol. The summed E-state index contributed by atoms with van der Waals surface area (Å²) in [5.74, 6) is 97.0. The normalized spacial score (nSPS) is 11.2. The molecule has 127 heavy (non-hydrogen) atoms. The van der Waals surface area contributed by atoms with Gasteiger partial charge in [0, 0.05) is 253 Å². The summed E-state index contributed by atoms with van der Waals surface area (Å²) < 4.78 is 27.4. The van der Waals surface area contributed by atoms with E-state index < -0.39 is 41.9 Å². The predicted octanol–water partition coefficient (Wildman–Crippen LogP) is 19.5. The van der Waals surface area contributed by atoms with E-state index in [1.807, 2.05) is 50.2 Å². The van der Waals surface area contributed by atoms with Gasteiger partial charge in [-0.2, -0.15) is 0 Å². The second kappa shape index (κ2) is 54.0. The fraction of sp³-hybridized carbons (Fsp3) is 0.185. The van der Waals surface area contributed by atoms with E-state index in [0.717, 1.165) is 39.8 Å². The molecule has 0 saturated carbocycles. The van der Waals surface area contributed by atoms with Gasteiger partial charge in [0.25, 0.3) is 11.8 Å². The molecule has 0 bridgehead atoms. The van der Waals surface area contributed by atoms with Crippen LogP contribution in [0, 0.1) is 276 Å². The second-order valence-electron chi connectivity index (χ2n) is 26.0. The summed E-state index contributed by atoms with van der Waals surface area (Å²) >= 11 is 0. The number of anilines is 2. The van der Waals surface area contributed by atoms with E-state index >= 15 is 0 Å². The fourth-order valence-corrected chi connectivity index (χ4v) is 11.9. The molecule has 0 unspecified atom stereocenters. The molecule has 9 rings (SSSR count). The third-order valence-corrected chi connectivity index (χ3v) is 17.3. The summed E-state index contributed by atoms with van der Waals surface area (Å²) in [7, 11) is 0. The van der Waals surface area contributed by atoms with E-state index in [4.69, 9.17) is 36.5 Å². The van der Waals surface area contributed by atoms with E-state index in [2.05, 4.69) is 295 Å². The Bertz CT molecular complexity index is 6930. The first-order valence-corrected chi connectivity index (χ1v) is 38.6. The van der Waals surface area contributed by atoms with Gasteiger partial charge in [0.05, 0.1) is 25.2 Å². The number of esters is 2. The first kappa shape index (κ1) is 93.3. The number of ether oxygens (including phenoxy) is 5. The maximum Gasteiger partial charge on any atom is 0.410 e. The molecule has 0 aromatic heterocycles. The van der Waals surface area contributed by atoms with Crippen molar-refractivity contribution in [1.29, 1.82) is 0 Å². The van der Waals surface area contributed by atoms with Gasteiger partial charge in [-0.15, -0.1) is 12.8 Å². The van der Waals surface area contributed by atoms with Crippen LogP contribution in [0.25, 0.3) is 11.1 Å². The van der Waals surface area contributed by atoms with Gasteiger partial charge in [0.2, 0.25) is 5.91 Å². The third kappa shape index (κ3) is 34.0. The van der Waals surface area contributed by atoms with Crippen molar-refractivity contribution in [1.82, 2.24) is 20.4 Å². The van der Waals surface area contributed by atoms with E-state index in [-0.39, 0.29) is 132 Å². The number of terminal acetylenes is 2. The standard InChI is InChI=1S/C60H37N3O7.C48H31N3O6.44H2/c1-3-4-5-6-7-8-9-10-11-12-13-14-15-16-17-18-19-20-21-26-38-68-50-40-46(2)39-47(41-50)44-69-58(65)43-62-59(66)48-33-35-49(36-34-48)61-42-57(64)56-32-27-37-63(56)60(67)70-45-55-53-30-24-22-28-51(53)52-29-23-25-31-54(52)55;1-4-6-7-8-9-10-11-12-13-14-15-16-17-18-19-20-21-22-23-24-32-56-43-34-39(3)33-40(35-43)38-57-47(54)37-50-48(55)41-27-29-42(30-28-41)49-36-45(52)44-26-25-31-51(44)46(53)5-2;;;;;;;;;;;;;;;;;;;;;;;;;;;;;;;;;;;;;;;;;;;;/h1,22-25,28-31,33-36,39-41,55-56,61H,27,32,37,42-45H2,2H3,(H,62,66);1,27-30,33-35,44,49H,5,25-26,31,36-38H2,2-3H3,(H,50,55);44*1H/t56-;44-;;;;;;;;;;;;;;;;;;;;;;;;;;;;;;;;;;;;;;;;;;;;/m00............................................/s1. The molecular formula is C108H156N6O13. The lowest BCUT2D eigenvalue weighted by molar-refractivity contribution is -0.144. The third-order valence-electron chi connectivity index (χ3n) is 17.3. The summed E-state index contributed by atoms with van der Waals surface area (Å²) in [6, 6.07) is 38.7. The van der Waals surface area contributed by atoms with Crippen LogP contribution >= 0.6 is 0 Å². The van der Waals surface area contributed by atoms with Crippen LogP contribution in [0.5, 0.6) is 11.5 Å². The number of aryl methyl sites for hydroxylation is 2. The Labute approximate surface area is 805 Å². The quantitative estimate of drug-likeness (QED) is 0.0265. The Balaban J connectivity index is -0.0000000482. The molecular weight excluding hydrogens is 1590 g/mol. The zero-order chi connectivity index (χ0) is 90.1. The number of likely N-dealkylation sites (tertiary alicyclic amines) is 2. The monoisotopic (exact) mass is 1750 g/mol. The number of hydrogen-bond donors (Lipinski definition) is 4. The molecule has 0 spiro atoms. The first-order chi connectivity index (χ1) is 62.1. The van der Waals surface area contributed by atoms with Gasteiger partial charge >= 0.3 is 18.0 Å². The molecule has 2 aliphatic heterocycles. The summed E-state index contributed by atoms with van der Waals surface area (Å²) in [5.41, 5.74) is 9.40. The van der Waals surface area contributed by atoms with Crippen LogP contribution < -0.4 is 30.7 Å². The summed E-state index contributed by atoms with van der Waals surface area (Å²) in [6.07, 6.45) is 17.4. The minimum atomic E-state index is -0.644. The maximum absolute atomic E-state index is 13.3. The molecule has 6 aromatic carbocycles. The second-order valence-corrected chi connectivity index (χ2v) is 26.0. The molecule has 2 fully saturated rings. The maximum atomic E-state index is 13.3. The van der Waals surface area contributed by atoms with Crippen LogP contribution in [0.3, 0.4) is 0 Å². The van der Waals surface area contributed by atoms with Gasteiger partial charge in [-0.3, -0.25) is 38.5 Å². The summed E-state index contributed by atoms with van der Waals surface area (Å²) in [4.78, 5) is 105. The highest BCUT2D eigenvalue weighted by atomic mass is 16.6. The van der Waals surface area contributed by atoms with E-state index in [1.54, 1.807) is 84.6 Å². The van der Waals surface area contributed by atoms with Crippen molar-refractivity contribution in [2.45, 2.75) is 84.1 Å². The molecule has 2 saturated heterocycles. The molecule has 1 aliphatic carbocycles. The molecule has 696 valence electrons. The van der Waals surface area contributed by atoms with Crippen LogP contribution in [0.1, 0.15) is 162 Å². The number of rotatable bonds is 23. The van der Waals surface area contributed by atoms with Crippen molar-refractivity contribution in [3.05, 3.63) is 178 Å². The minimum Gasteiger partial charge on any atom is -0.460 e. The number of nitrogens with one attached hydrogen (secondary N) is 4. The van der Waals surface area contributed by atoms with Crippen molar-refractivity contribution < 1.29 is 125 Å². The van der Waals surface area contributed by atoms with Gasteiger partial charge in [-0.25, -0.2) is 4.79 Å². The zero-order valence-corrected chi connectivity index (χ0v) is 68.7. The van der Waals surface area contributed by atoms with Gasteiger partial charge < -0.3 is 49.9 Å². The van der Waals surface area contributed by atoms with Crippen LogP contribution in [-0.4, -0.2) is 115 Å². The number of amides is 4. The largest absolute Gasteiger partial charge is 0.460 e. The van der Waals surface area contributed by atoms with Crippen molar-refractivity contribution in [3.63, 3.8) is 0 Å². The Morgan fingerprint density at radius 3 is 1.08 bits per heavy atom. The number of carbonyl (C=O) groups excluding carboxylic acids is 8. The Kier molecular flexibility index (Phi) is 39.7. The molecule has 3 aliphatic rings. The summed E-state index contributed by atoms with van der Waals surface area (Å²) in [6.45, 7) is 5.93. The molecule has 6 aromatic rings.